The average Bonchev–Trinajstić information content (AvgIpc) is 2.86. The van der Waals surface area contributed by atoms with Crippen LogP contribution >= 0.6 is 0 Å². The number of allylic oxidation sites excluding steroid dienone is 1. The van der Waals surface area contributed by atoms with Crippen LogP contribution in [0.4, 0.5) is 8.78 Å². The second kappa shape index (κ2) is 8.74. The van der Waals surface area contributed by atoms with Gasteiger partial charge >= 0.3 is 0 Å². The fourth-order valence-corrected chi connectivity index (χ4v) is 4.43. The Morgan fingerprint density at radius 3 is 2.27 bits per heavy atom. The molecule has 33 heavy (non-hydrogen) atoms. The molecule has 1 aliphatic heterocycles. The van der Waals surface area contributed by atoms with E-state index in [9.17, 15) is 8.78 Å². The fourth-order valence-electron chi connectivity index (χ4n) is 4.43. The largest absolute Gasteiger partial charge is 0.492 e. The molecule has 0 amide bonds. The van der Waals surface area contributed by atoms with E-state index in [1.54, 1.807) is 6.07 Å². The molecule has 3 aromatic rings. The lowest BCUT2D eigenvalue weighted by Gasteiger charge is -2.30. The Labute approximate surface area is 195 Å². The molecular weight excluding hydrogens is 416 g/mol. The van der Waals surface area contributed by atoms with Crippen molar-refractivity contribution in [1.29, 1.82) is 0 Å². The Morgan fingerprint density at radius 1 is 0.970 bits per heavy atom. The summed E-state index contributed by atoms with van der Waals surface area (Å²) in [6.45, 7) is 13.1. The lowest BCUT2D eigenvalue weighted by atomic mass is 9.76. The van der Waals surface area contributed by atoms with Gasteiger partial charge in [-0.1, -0.05) is 65.8 Å². The van der Waals surface area contributed by atoms with Crippen molar-refractivity contribution in [3.05, 3.63) is 77.0 Å². The van der Waals surface area contributed by atoms with Crippen molar-refractivity contribution in [2.75, 3.05) is 6.61 Å². The number of nitrogens with zero attached hydrogens (tertiary/aromatic N) is 1. The van der Waals surface area contributed by atoms with Crippen molar-refractivity contribution in [2.24, 2.45) is 5.92 Å². The summed E-state index contributed by atoms with van der Waals surface area (Å²) >= 11 is 0. The molecule has 172 valence electrons. The van der Waals surface area contributed by atoms with Crippen molar-refractivity contribution in [3.63, 3.8) is 0 Å². The summed E-state index contributed by atoms with van der Waals surface area (Å²) in [6, 6.07) is 11.3. The number of hydrogen-bond acceptors (Lipinski definition) is 2. The second-order valence-electron chi connectivity index (χ2n) is 10.1. The normalized spacial score (nSPS) is 14.8. The Bertz CT molecular complexity index is 1210. The third kappa shape index (κ3) is 4.44. The summed E-state index contributed by atoms with van der Waals surface area (Å²) in [5, 5.41) is 0. The first kappa shape index (κ1) is 23.2. The van der Waals surface area contributed by atoms with Crippen LogP contribution in [0.3, 0.4) is 0 Å². The van der Waals surface area contributed by atoms with Crippen LogP contribution in [0.5, 0.6) is 5.75 Å². The lowest BCUT2D eigenvalue weighted by Crippen LogP contribution is -2.27. The lowest BCUT2D eigenvalue weighted by molar-refractivity contribution is 0.245. The van der Waals surface area contributed by atoms with Crippen molar-refractivity contribution in [2.45, 2.75) is 52.9 Å². The number of rotatable bonds is 4. The van der Waals surface area contributed by atoms with Crippen molar-refractivity contribution >= 4 is 6.08 Å². The van der Waals surface area contributed by atoms with Gasteiger partial charge in [-0.15, -0.1) is 0 Å². The molecule has 0 spiro atoms. The molecule has 0 saturated heterocycles. The minimum absolute atomic E-state index is 0.150. The monoisotopic (exact) mass is 447 g/mol. The maximum atomic E-state index is 14.1. The number of aromatic nitrogens is 1. The highest BCUT2D eigenvalue weighted by molar-refractivity contribution is 5.87. The number of benzene rings is 2. The zero-order valence-corrected chi connectivity index (χ0v) is 20.2. The maximum absolute atomic E-state index is 14.1. The predicted molar refractivity (Wildman–Crippen MR) is 132 cm³/mol. The van der Waals surface area contributed by atoms with Gasteiger partial charge in [0.05, 0.1) is 18.0 Å². The van der Waals surface area contributed by atoms with Crippen LogP contribution < -0.4 is 4.74 Å². The van der Waals surface area contributed by atoms with Crippen LogP contribution in [-0.4, -0.2) is 11.6 Å². The molecule has 0 fully saturated rings. The summed E-state index contributed by atoms with van der Waals surface area (Å²) in [5.41, 5.74) is 6.16. The summed E-state index contributed by atoms with van der Waals surface area (Å²) in [6.07, 6.45) is 4.32. The number of halogens is 2. The molecule has 2 aromatic carbocycles. The van der Waals surface area contributed by atoms with Gasteiger partial charge in [-0.3, -0.25) is 4.98 Å². The standard InChI is InChI=1S/C29H31F2NO/c1-17(2)7-13-23-25(19-8-10-20(30)11-9-19)26-28(32-27(23)18(3)4)22-14-12-21(31)15-24(22)33-16-29(26,5)6/h7-15,17-18H,16H2,1-6H3/b13-7+. The first-order valence-corrected chi connectivity index (χ1v) is 11.5. The van der Waals surface area contributed by atoms with Crippen molar-refractivity contribution in [3.8, 4) is 28.1 Å². The quantitative estimate of drug-likeness (QED) is 0.402. The maximum Gasteiger partial charge on any atom is 0.131 e. The summed E-state index contributed by atoms with van der Waals surface area (Å²) < 4.78 is 34.1. The van der Waals surface area contributed by atoms with E-state index < -0.39 is 5.41 Å². The van der Waals surface area contributed by atoms with Crippen LogP contribution in [0.2, 0.25) is 0 Å². The van der Waals surface area contributed by atoms with Crippen LogP contribution in [0.1, 0.15) is 64.3 Å². The van der Waals surface area contributed by atoms with E-state index in [-0.39, 0.29) is 17.6 Å². The number of fused-ring (bicyclic) bond motifs is 3. The first-order chi connectivity index (χ1) is 15.6. The number of hydrogen-bond donors (Lipinski definition) is 0. The van der Waals surface area contributed by atoms with Gasteiger partial charge in [-0.05, 0) is 52.8 Å². The highest BCUT2D eigenvalue weighted by Gasteiger charge is 2.36. The molecule has 1 aliphatic rings. The van der Waals surface area contributed by atoms with Gasteiger partial charge in [0.15, 0.2) is 0 Å². The molecule has 0 unspecified atom stereocenters. The predicted octanol–water partition coefficient (Wildman–Crippen LogP) is 8.16. The number of pyridine rings is 1. The third-order valence-electron chi connectivity index (χ3n) is 6.06. The van der Waals surface area contributed by atoms with Crippen LogP contribution in [0.15, 0.2) is 48.5 Å². The topological polar surface area (TPSA) is 22.1 Å². The molecule has 0 N–H and O–H groups in total. The van der Waals surface area contributed by atoms with E-state index in [1.165, 1.54) is 24.3 Å². The van der Waals surface area contributed by atoms with Crippen molar-refractivity contribution < 1.29 is 13.5 Å². The molecule has 0 aliphatic carbocycles. The second-order valence-corrected chi connectivity index (χ2v) is 10.1. The van der Waals surface area contributed by atoms with Crippen LogP contribution in [0, 0.1) is 17.6 Å². The molecule has 0 saturated carbocycles. The highest BCUT2D eigenvalue weighted by Crippen LogP contribution is 2.48. The first-order valence-electron chi connectivity index (χ1n) is 11.5. The van der Waals surface area contributed by atoms with Gasteiger partial charge in [0.2, 0.25) is 0 Å². The molecule has 0 bridgehead atoms. The SMILES string of the molecule is CC(C)/C=C/c1c(C(C)C)nc2c(c1-c1ccc(F)cc1)C(C)(C)COc1cc(F)ccc1-2. The van der Waals surface area contributed by atoms with Gasteiger partial charge in [-0.2, -0.15) is 0 Å². The van der Waals surface area contributed by atoms with E-state index in [2.05, 4.69) is 53.7 Å². The third-order valence-corrected chi connectivity index (χ3v) is 6.06. The Hall–Kier alpha value is -3.01. The van der Waals surface area contributed by atoms with Gasteiger partial charge < -0.3 is 4.74 Å². The van der Waals surface area contributed by atoms with Gasteiger partial charge in [0, 0.05) is 22.6 Å². The molecule has 1 aromatic heterocycles. The molecule has 4 heteroatoms. The van der Waals surface area contributed by atoms with Gasteiger partial charge in [0.1, 0.15) is 17.4 Å². The molecular formula is C29H31F2NO. The Morgan fingerprint density at radius 2 is 1.64 bits per heavy atom. The molecule has 4 rings (SSSR count). The van der Waals surface area contributed by atoms with Crippen LogP contribution in [-0.2, 0) is 5.41 Å². The minimum atomic E-state index is -0.419. The van der Waals surface area contributed by atoms with E-state index in [4.69, 9.17) is 9.72 Å². The Balaban J connectivity index is 2.18. The smallest absolute Gasteiger partial charge is 0.131 e. The zero-order chi connectivity index (χ0) is 23.9. The van der Waals surface area contributed by atoms with Gasteiger partial charge in [-0.25, -0.2) is 8.78 Å². The van der Waals surface area contributed by atoms with E-state index in [1.807, 2.05) is 12.1 Å². The molecule has 2 heterocycles. The fraction of sp³-hybridized carbons (Fsp3) is 0.345. The minimum Gasteiger partial charge on any atom is -0.492 e. The van der Waals surface area contributed by atoms with Crippen molar-refractivity contribution in [1.82, 2.24) is 4.98 Å². The average molecular weight is 448 g/mol. The molecule has 2 nitrogen and oxygen atoms in total. The molecule has 0 radical (unpaired) electrons. The van der Waals surface area contributed by atoms with E-state index in [0.717, 1.165) is 39.2 Å². The number of ether oxygens (including phenoxy) is 1. The van der Waals surface area contributed by atoms with Gasteiger partial charge in [0.25, 0.3) is 0 Å². The summed E-state index contributed by atoms with van der Waals surface area (Å²) in [4.78, 5) is 5.19. The summed E-state index contributed by atoms with van der Waals surface area (Å²) in [7, 11) is 0. The molecule has 0 atom stereocenters. The zero-order valence-electron chi connectivity index (χ0n) is 20.2. The Kier molecular flexibility index (Phi) is 6.13. The van der Waals surface area contributed by atoms with E-state index in [0.29, 0.717) is 18.3 Å². The highest BCUT2D eigenvalue weighted by atomic mass is 19.1. The van der Waals surface area contributed by atoms with Crippen LogP contribution in [0.25, 0.3) is 28.5 Å². The van der Waals surface area contributed by atoms with E-state index >= 15 is 0 Å². The summed E-state index contributed by atoms with van der Waals surface area (Å²) in [5.74, 6) is 0.405.